The lowest BCUT2D eigenvalue weighted by atomic mass is 10.0. The first-order valence-corrected chi connectivity index (χ1v) is 6.03. The van der Waals surface area contributed by atoms with Gasteiger partial charge in [-0.05, 0) is 19.4 Å². The first kappa shape index (κ1) is 11.9. The fourth-order valence-corrected chi connectivity index (χ4v) is 2.03. The molecular formula is C14H19N3. The molecule has 1 aromatic heterocycles. The van der Waals surface area contributed by atoms with Crippen LogP contribution in [0.4, 0.5) is 0 Å². The Bertz CT molecular complexity index is 488. The SMILES string of the molecule is CCn1ccnc1CC(N)c1cccc(C)c1. The van der Waals surface area contributed by atoms with Gasteiger partial charge < -0.3 is 10.3 Å². The molecule has 0 saturated carbocycles. The quantitative estimate of drug-likeness (QED) is 0.875. The largest absolute Gasteiger partial charge is 0.335 e. The summed E-state index contributed by atoms with van der Waals surface area (Å²) in [5.74, 6) is 1.06. The minimum atomic E-state index is 0.0163. The average molecular weight is 229 g/mol. The molecule has 3 heteroatoms. The fraction of sp³-hybridized carbons (Fsp3) is 0.357. The highest BCUT2D eigenvalue weighted by molar-refractivity contribution is 5.25. The molecule has 1 heterocycles. The van der Waals surface area contributed by atoms with E-state index >= 15 is 0 Å². The second-order valence-corrected chi connectivity index (χ2v) is 4.35. The summed E-state index contributed by atoms with van der Waals surface area (Å²) in [7, 11) is 0. The van der Waals surface area contributed by atoms with Crippen LogP contribution in [0.15, 0.2) is 36.7 Å². The highest BCUT2D eigenvalue weighted by Crippen LogP contribution is 2.16. The first-order valence-electron chi connectivity index (χ1n) is 6.03. The van der Waals surface area contributed by atoms with Crippen LogP contribution in [0.25, 0.3) is 0 Å². The number of hydrogen-bond acceptors (Lipinski definition) is 2. The molecule has 0 spiro atoms. The highest BCUT2D eigenvalue weighted by Gasteiger charge is 2.10. The zero-order chi connectivity index (χ0) is 12.3. The van der Waals surface area contributed by atoms with Gasteiger partial charge in [0.05, 0.1) is 0 Å². The average Bonchev–Trinajstić information content (AvgIpc) is 2.76. The van der Waals surface area contributed by atoms with Crippen molar-refractivity contribution in [3.8, 4) is 0 Å². The van der Waals surface area contributed by atoms with Crippen molar-refractivity contribution in [2.24, 2.45) is 5.73 Å². The molecule has 0 saturated heterocycles. The van der Waals surface area contributed by atoms with Gasteiger partial charge in [0, 0.05) is 31.4 Å². The van der Waals surface area contributed by atoms with Crippen LogP contribution in [0.5, 0.6) is 0 Å². The molecule has 0 aliphatic carbocycles. The number of aromatic nitrogens is 2. The predicted octanol–water partition coefficient (Wildman–Crippen LogP) is 2.45. The maximum absolute atomic E-state index is 6.23. The number of nitrogens with two attached hydrogens (primary N) is 1. The normalized spacial score (nSPS) is 12.6. The van der Waals surface area contributed by atoms with E-state index in [0.29, 0.717) is 0 Å². The smallest absolute Gasteiger partial charge is 0.110 e. The summed E-state index contributed by atoms with van der Waals surface area (Å²) < 4.78 is 2.13. The van der Waals surface area contributed by atoms with Crippen LogP contribution in [0.1, 0.15) is 29.9 Å². The molecule has 0 radical (unpaired) electrons. The molecule has 1 unspecified atom stereocenters. The Kier molecular flexibility index (Phi) is 3.59. The summed E-state index contributed by atoms with van der Waals surface area (Å²) in [5.41, 5.74) is 8.65. The van der Waals surface area contributed by atoms with Crippen molar-refractivity contribution in [1.29, 1.82) is 0 Å². The van der Waals surface area contributed by atoms with E-state index in [1.807, 2.05) is 12.4 Å². The number of hydrogen-bond donors (Lipinski definition) is 1. The van der Waals surface area contributed by atoms with Gasteiger partial charge in [0.1, 0.15) is 5.82 Å². The third-order valence-corrected chi connectivity index (χ3v) is 3.02. The van der Waals surface area contributed by atoms with E-state index in [0.717, 1.165) is 18.8 Å². The second kappa shape index (κ2) is 5.15. The Balaban J connectivity index is 2.14. The maximum Gasteiger partial charge on any atom is 0.110 e. The molecule has 17 heavy (non-hydrogen) atoms. The van der Waals surface area contributed by atoms with E-state index in [4.69, 9.17) is 5.73 Å². The van der Waals surface area contributed by atoms with Crippen LogP contribution in [-0.4, -0.2) is 9.55 Å². The van der Waals surface area contributed by atoms with Crippen LogP contribution in [0, 0.1) is 6.92 Å². The summed E-state index contributed by atoms with van der Waals surface area (Å²) in [6.45, 7) is 5.14. The third kappa shape index (κ3) is 2.74. The molecule has 0 aliphatic heterocycles. The maximum atomic E-state index is 6.23. The van der Waals surface area contributed by atoms with Gasteiger partial charge in [-0.25, -0.2) is 4.98 Å². The van der Waals surface area contributed by atoms with Gasteiger partial charge in [0.25, 0.3) is 0 Å². The molecule has 1 atom stereocenters. The number of benzene rings is 1. The van der Waals surface area contributed by atoms with Gasteiger partial charge in [0.2, 0.25) is 0 Å². The Hall–Kier alpha value is -1.61. The summed E-state index contributed by atoms with van der Waals surface area (Å²) in [5, 5.41) is 0. The third-order valence-electron chi connectivity index (χ3n) is 3.02. The molecule has 1 aromatic carbocycles. The highest BCUT2D eigenvalue weighted by atomic mass is 15.1. The predicted molar refractivity (Wildman–Crippen MR) is 69.7 cm³/mol. The molecule has 0 aliphatic rings. The number of rotatable bonds is 4. The number of aryl methyl sites for hydroxylation is 2. The Morgan fingerprint density at radius 3 is 2.94 bits per heavy atom. The zero-order valence-electron chi connectivity index (χ0n) is 10.4. The molecule has 3 nitrogen and oxygen atoms in total. The van der Waals surface area contributed by atoms with Crippen LogP contribution in [0.3, 0.4) is 0 Å². The van der Waals surface area contributed by atoms with E-state index in [1.54, 1.807) is 0 Å². The van der Waals surface area contributed by atoms with E-state index in [9.17, 15) is 0 Å². The van der Waals surface area contributed by atoms with E-state index in [1.165, 1.54) is 11.1 Å². The summed E-state index contributed by atoms with van der Waals surface area (Å²) in [4.78, 5) is 4.36. The Morgan fingerprint density at radius 1 is 1.41 bits per heavy atom. The van der Waals surface area contributed by atoms with Crippen LogP contribution < -0.4 is 5.73 Å². The van der Waals surface area contributed by atoms with Gasteiger partial charge in [-0.2, -0.15) is 0 Å². The van der Waals surface area contributed by atoms with E-state index in [-0.39, 0.29) is 6.04 Å². The standard InChI is InChI=1S/C14H19N3/c1-3-17-8-7-16-14(17)10-13(15)12-6-4-5-11(2)9-12/h4-9,13H,3,10,15H2,1-2H3. The van der Waals surface area contributed by atoms with Crippen molar-refractivity contribution in [2.75, 3.05) is 0 Å². The lowest BCUT2D eigenvalue weighted by molar-refractivity contribution is 0.628. The summed E-state index contributed by atoms with van der Waals surface area (Å²) >= 11 is 0. The van der Waals surface area contributed by atoms with Crippen LogP contribution >= 0.6 is 0 Å². The fourth-order valence-electron chi connectivity index (χ4n) is 2.03. The van der Waals surface area contributed by atoms with E-state index in [2.05, 4.69) is 47.7 Å². The number of nitrogens with zero attached hydrogens (tertiary/aromatic N) is 2. The minimum Gasteiger partial charge on any atom is -0.335 e. The molecule has 0 bridgehead atoms. The Morgan fingerprint density at radius 2 is 2.24 bits per heavy atom. The molecule has 2 rings (SSSR count). The monoisotopic (exact) mass is 229 g/mol. The van der Waals surface area contributed by atoms with Crippen molar-refractivity contribution in [3.05, 3.63) is 53.6 Å². The van der Waals surface area contributed by atoms with Gasteiger partial charge in [-0.15, -0.1) is 0 Å². The lowest BCUT2D eigenvalue weighted by Crippen LogP contribution is -2.16. The molecule has 90 valence electrons. The van der Waals surface area contributed by atoms with Gasteiger partial charge in [-0.3, -0.25) is 0 Å². The first-order chi connectivity index (χ1) is 8.20. The van der Waals surface area contributed by atoms with E-state index < -0.39 is 0 Å². The summed E-state index contributed by atoms with van der Waals surface area (Å²) in [6.07, 6.45) is 4.62. The molecular weight excluding hydrogens is 210 g/mol. The minimum absolute atomic E-state index is 0.0163. The van der Waals surface area contributed by atoms with Crippen molar-refractivity contribution in [2.45, 2.75) is 32.9 Å². The number of imidazole rings is 1. The van der Waals surface area contributed by atoms with Crippen molar-refractivity contribution in [3.63, 3.8) is 0 Å². The second-order valence-electron chi connectivity index (χ2n) is 4.35. The lowest BCUT2D eigenvalue weighted by Gasteiger charge is -2.13. The van der Waals surface area contributed by atoms with Gasteiger partial charge >= 0.3 is 0 Å². The molecule has 2 N–H and O–H groups in total. The molecule has 0 fully saturated rings. The van der Waals surface area contributed by atoms with Gasteiger partial charge in [0.15, 0.2) is 0 Å². The Labute approximate surface area is 102 Å². The van der Waals surface area contributed by atoms with Crippen molar-refractivity contribution >= 4 is 0 Å². The summed E-state index contributed by atoms with van der Waals surface area (Å²) in [6, 6.07) is 8.38. The van der Waals surface area contributed by atoms with Crippen LogP contribution in [0.2, 0.25) is 0 Å². The topological polar surface area (TPSA) is 43.8 Å². The molecule has 2 aromatic rings. The zero-order valence-corrected chi connectivity index (χ0v) is 10.4. The van der Waals surface area contributed by atoms with Gasteiger partial charge in [-0.1, -0.05) is 29.8 Å². The van der Waals surface area contributed by atoms with Crippen molar-refractivity contribution in [1.82, 2.24) is 9.55 Å². The van der Waals surface area contributed by atoms with Crippen LogP contribution in [-0.2, 0) is 13.0 Å². The van der Waals surface area contributed by atoms with Crippen molar-refractivity contribution < 1.29 is 0 Å². The molecule has 0 amide bonds.